The third-order valence-corrected chi connectivity index (χ3v) is 2.34. The maximum Gasteiger partial charge on any atom is 0.149 e. The first kappa shape index (κ1) is 9.22. The van der Waals surface area contributed by atoms with Gasteiger partial charge in [0.25, 0.3) is 0 Å². The van der Waals surface area contributed by atoms with Gasteiger partial charge in [0.1, 0.15) is 12.4 Å². The summed E-state index contributed by atoms with van der Waals surface area (Å²) in [6.45, 7) is 0. The van der Waals surface area contributed by atoms with Crippen molar-refractivity contribution in [1.29, 1.82) is 0 Å². The molecule has 0 saturated carbocycles. The van der Waals surface area contributed by atoms with E-state index in [9.17, 15) is 4.79 Å². The summed E-state index contributed by atoms with van der Waals surface area (Å²) in [4.78, 5) is 14.9. The molecule has 1 N–H and O–H groups in total. The molecule has 1 unspecified atom stereocenters. The second-order valence-electron chi connectivity index (χ2n) is 2.20. The molecule has 0 saturated heterocycles. The number of aromatic nitrogens is 1. The smallest absolute Gasteiger partial charge is 0.149 e. The predicted molar refractivity (Wildman–Crippen MR) is 47.0 cm³/mol. The molecule has 1 aromatic rings. The monoisotopic (exact) mass is 183 g/mol. The van der Waals surface area contributed by atoms with Gasteiger partial charge in [0.05, 0.1) is 0 Å². The van der Waals surface area contributed by atoms with Crippen LogP contribution in [0, 0.1) is 0 Å². The highest BCUT2D eigenvalue weighted by atomic mass is 32.2. The largest absolute Gasteiger partial charge is 0.385 e. The standard InChI is InChI=1S/C8H9NO2S/c10-5-7(11)6-12-8-1-3-9-4-2-8/h1-5,7,11H,6H2. The molecule has 0 aliphatic heterocycles. The van der Waals surface area contributed by atoms with E-state index in [0.717, 1.165) is 4.90 Å². The van der Waals surface area contributed by atoms with Crippen LogP contribution in [-0.2, 0) is 4.79 Å². The Morgan fingerprint density at radius 2 is 2.25 bits per heavy atom. The third kappa shape index (κ3) is 3.02. The van der Waals surface area contributed by atoms with Crippen molar-refractivity contribution in [1.82, 2.24) is 4.98 Å². The maximum atomic E-state index is 10.1. The van der Waals surface area contributed by atoms with Crippen LogP contribution in [0.5, 0.6) is 0 Å². The molecule has 3 nitrogen and oxygen atoms in total. The zero-order valence-corrected chi connectivity index (χ0v) is 7.20. The molecule has 1 heterocycles. The summed E-state index contributed by atoms with van der Waals surface area (Å²) >= 11 is 1.43. The summed E-state index contributed by atoms with van der Waals surface area (Å²) in [5, 5.41) is 8.91. The van der Waals surface area contributed by atoms with E-state index >= 15 is 0 Å². The van der Waals surface area contributed by atoms with Gasteiger partial charge in [-0.05, 0) is 12.1 Å². The Morgan fingerprint density at radius 3 is 2.83 bits per heavy atom. The number of pyridine rings is 1. The highest BCUT2D eigenvalue weighted by Gasteiger charge is 2.01. The molecule has 0 fully saturated rings. The second kappa shape index (κ2) is 4.90. The Kier molecular flexibility index (Phi) is 3.76. The number of aldehydes is 1. The van der Waals surface area contributed by atoms with Gasteiger partial charge in [-0.3, -0.25) is 4.98 Å². The Balaban J connectivity index is 2.38. The first-order valence-corrected chi connectivity index (χ1v) is 4.47. The van der Waals surface area contributed by atoms with Crippen LogP contribution >= 0.6 is 11.8 Å². The molecule has 0 radical (unpaired) electrons. The first-order valence-electron chi connectivity index (χ1n) is 3.49. The number of rotatable bonds is 4. The van der Waals surface area contributed by atoms with Crippen molar-refractivity contribution in [3.63, 3.8) is 0 Å². The molecule has 1 rings (SSSR count). The number of thioether (sulfide) groups is 1. The van der Waals surface area contributed by atoms with Crippen LogP contribution in [0.25, 0.3) is 0 Å². The van der Waals surface area contributed by atoms with E-state index < -0.39 is 6.10 Å². The Hall–Kier alpha value is -0.870. The van der Waals surface area contributed by atoms with Gasteiger partial charge in [0, 0.05) is 23.0 Å². The average molecular weight is 183 g/mol. The Labute approximate surface area is 74.8 Å². The molecule has 64 valence electrons. The Morgan fingerprint density at radius 1 is 1.58 bits per heavy atom. The summed E-state index contributed by atoms with van der Waals surface area (Å²) in [6.07, 6.45) is 3.02. The SMILES string of the molecule is O=CC(O)CSc1ccncc1. The minimum Gasteiger partial charge on any atom is -0.385 e. The second-order valence-corrected chi connectivity index (χ2v) is 3.29. The number of carbonyl (C=O) groups excluding carboxylic acids is 1. The number of aliphatic hydroxyl groups is 1. The summed E-state index contributed by atoms with van der Waals surface area (Å²) in [5.41, 5.74) is 0. The van der Waals surface area contributed by atoms with E-state index in [-0.39, 0.29) is 0 Å². The number of nitrogens with zero attached hydrogens (tertiary/aromatic N) is 1. The highest BCUT2D eigenvalue weighted by molar-refractivity contribution is 7.99. The fourth-order valence-electron chi connectivity index (χ4n) is 0.655. The minimum atomic E-state index is -0.872. The van der Waals surface area contributed by atoms with Crippen LogP contribution in [0.3, 0.4) is 0 Å². The zero-order valence-electron chi connectivity index (χ0n) is 6.38. The van der Waals surface area contributed by atoms with Crippen LogP contribution in [-0.4, -0.2) is 28.2 Å². The van der Waals surface area contributed by atoms with Crippen molar-refractivity contribution < 1.29 is 9.90 Å². The van der Waals surface area contributed by atoms with Gasteiger partial charge in [-0.2, -0.15) is 0 Å². The van der Waals surface area contributed by atoms with Crippen molar-refractivity contribution in [2.45, 2.75) is 11.0 Å². The molecule has 0 spiro atoms. The van der Waals surface area contributed by atoms with E-state index in [1.54, 1.807) is 12.4 Å². The van der Waals surface area contributed by atoms with Gasteiger partial charge in [0.15, 0.2) is 0 Å². The summed E-state index contributed by atoms with van der Waals surface area (Å²) in [7, 11) is 0. The predicted octanol–water partition coefficient (Wildman–Crippen LogP) is 0.733. The van der Waals surface area contributed by atoms with E-state index in [2.05, 4.69) is 4.98 Å². The van der Waals surface area contributed by atoms with Gasteiger partial charge in [0.2, 0.25) is 0 Å². The molecule has 0 aliphatic carbocycles. The molecule has 1 aromatic heterocycles. The number of hydrogen-bond donors (Lipinski definition) is 1. The molecule has 12 heavy (non-hydrogen) atoms. The van der Waals surface area contributed by atoms with E-state index in [0.29, 0.717) is 12.0 Å². The lowest BCUT2D eigenvalue weighted by atomic mass is 10.5. The molecular formula is C8H9NO2S. The molecular weight excluding hydrogens is 174 g/mol. The molecule has 1 atom stereocenters. The van der Waals surface area contributed by atoms with Crippen molar-refractivity contribution >= 4 is 18.0 Å². The van der Waals surface area contributed by atoms with Crippen LogP contribution in [0.4, 0.5) is 0 Å². The lowest BCUT2D eigenvalue weighted by molar-refractivity contribution is -0.113. The van der Waals surface area contributed by atoms with Gasteiger partial charge < -0.3 is 9.90 Å². The average Bonchev–Trinajstić information content (AvgIpc) is 2.16. The number of aliphatic hydroxyl groups excluding tert-OH is 1. The van der Waals surface area contributed by atoms with E-state index in [1.807, 2.05) is 12.1 Å². The zero-order chi connectivity index (χ0) is 8.81. The molecule has 0 aliphatic rings. The van der Waals surface area contributed by atoms with E-state index in [1.165, 1.54) is 11.8 Å². The highest BCUT2D eigenvalue weighted by Crippen LogP contribution is 2.16. The van der Waals surface area contributed by atoms with E-state index in [4.69, 9.17) is 5.11 Å². The summed E-state index contributed by atoms with van der Waals surface area (Å²) in [6, 6.07) is 3.67. The summed E-state index contributed by atoms with van der Waals surface area (Å²) in [5.74, 6) is 0.396. The topological polar surface area (TPSA) is 50.2 Å². The van der Waals surface area contributed by atoms with Crippen LogP contribution in [0.1, 0.15) is 0 Å². The molecule has 0 amide bonds. The van der Waals surface area contributed by atoms with Crippen molar-refractivity contribution in [3.8, 4) is 0 Å². The lowest BCUT2D eigenvalue weighted by Crippen LogP contribution is -2.10. The maximum absolute atomic E-state index is 10.1. The molecule has 4 heteroatoms. The van der Waals surface area contributed by atoms with Gasteiger partial charge in [-0.25, -0.2) is 0 Å². The summed E-state index contributed by atoms with van der Waals surface area (Å²) < 4.78 is 0. The molecule has 0 aromatic carbocycles. The normalized spacial score (nSPS) is 12.4. The Bertz CT molecular complexity index is 240. The van der Waals surface area contributed by atoms with Crippen molar-refractivity contribution in [2.24, 2.45) is 0 Å². The van der Waals surface area contributed by atoms with Crippen LogP contribution in [0.15, 0.2) is 29.4 Å². The lowest BCUT2D eigenvalue weighted by Gasteiger charge is -2.01. The number of hydrogen-bond acceptors (Lipinski definition) is 4. The van der Waals surface area contributed by atoms with Gasteiger partial charge in [-0.1, -0.05) is 0 Å². The first-order chi connectivity index (χ1) is 5.83. The van der Waals surface area contributed by atoms with Gasteiger partial charge >= 0.3 is 0 Å². The molecule has 0 bridgehead atoms. The van der Waals surface area contributed by atoms with Crippen LogP contribution < -0.4 is 0 Å². The fourth-order valence-corrected chi connectivity index (χ4v) is 1.41. The van der Waals surface area contributed by atoms with Crippen molar-refractivity contribution in [2.75, 3.05) is 5.75 Å². The van der Waals surface area contributed by atoms with Gasteiger partial charge in [-0.15, -0.1) is 11.8 Å². The third-order valence-electron chi connectivity index (χ3n) is 1.23. The van der Waals surface area contributed by atoms with Crippen LogP contribution in [0.2, 0.25) is 0 Å². The minimum absolute atomic E-state index is 0.396. The van der Waals surface area contributed by atoms with Crippen molar-refractivity contribution in [3.05, 3.63) is 24.5 Å². The fraction of sp³-hybridized carbons (Fsp3) is 0.250. The number of carbonyl (C=O) groups is 1. The quantitative estimate of drug-likeness (QED) is 0.552.